The van der Waals surface area contributed by atoms with Gasteiger partial charge in [0, 0.05) is 12.1 Å². The van der Waals surface area contributed by atoms with Crippen molar-refractivity contribution >= 4 is 15.9 Å². The molecule has 0 radical (unpaired) electrons. The molecule has 0 saturated carbocycles. The van der Waals surface area contributed by atoms with Crippen LogP contribution < -0.4 is 4.74 Å². The summed E-state index contributed by atoms with van der Waals surface area (Å²) in [4.78, 5) is 4.27. The number of halogens is 2. The molecular weight excluding hydrogens is 299 g/mol. The minimum absolute atomic E-state index is 0.285. The number of ether oxygens (including phenoxy) is 1. The van der Waals surface area contributed by atoms with Gasteiger partial charge in [-0.15, -0.1) is 0 Å². The molecule has 96 valence electrons. The van der Waals surface area contributed by atoms with Gasteiger partial charge in [0.25, 0.3) is 0 Å². The number of rotatable bonds is 4. The Balaban J connectivity index is 2.11. The first kappa shape index (κ1) is 13.1. The van der Waals surface area contributed by atoms with Crippen molar-refractivity contribution in [2.24, 2.45) is 0 Å². The first-order valence-corrected chi connectivity index (χ1v) is 6.47. The van der Waals surface area contributed by atoms with E-state index in [2.05, 4.69) is 34.8 Å². The Morgan fingerprint density at radius 1 is 1.44 bits per heavy atom. The summed E-state index contributed by atoms with van der Waals surface area (Å²) in [5.74, 6) is 1.01. The highest BCUT2D eigenvalue weighted by Gasteiger charge is 2.11. The molecule has 0 aliphatic carbocycles. The lowest BCUT2D eigenvalue weighted by Crippen LogP contribution is -2.09. The molecule has 0 N–H and O–H groups in total. The maximum atomic E-state index is 13.0. The van der Waals surface area contributed by atoms with E-state index in [0.29, 0.717) is 12.4 Å². The molecule has 0 amide bonds. The quantitative estimate of drug-likeness (QED) is 0.855. The highest BCUT2D eigenvalue weighted by Crippen LogP contribution is 2.20. The lowest BCUT2D eigenvalue weighted by Gasteiger charge is -2.13. The molecule has 0 aliphatic rings. The number of hydrogen-bond acceptors (Lipinski definition) is 2. The minimum atomic E-state index is -0.305. The zero-order chi connectivity index (χ0) is 13.1. The average molecular weight is 313 g/mol. The summed E-state index contributed by atoms with van der Waals surface area (Å²) in [6.45, 7) is 4.45. The summed E-state index contributed by atoms with van der Waals surface area (Å²) in [6.07, 6.45) is 1.74. The van der Waals surface area contributed by atoms with E-state index in [-0.39, 0.29) is 11.9 Å². The Labute approximate surface area is 114 Å². The van der Waals surface area contributed by atoms with E-state index >= 15 is 0 Å². The first-order chi connectivity index (χ1) is 8.58. The normalized spacial score (nSPS) is 10.9. The fourth-order valence-corrected chi connectivity index (χ4v) is 2.45. The lowest BCUT2D eigenvalue weighted by atomic mass is 10.3. The summed E-state index contributed by atoms with van der Waals surface area (Å²) >= 11 is 3.44. The maximum Gasteiger partial charge on any atom is 0.147 e. The van der Waals surface area contributed by atoms with Gasteiger partial charge in [-0.05, 0) is 41.9 Å². The minimum Gasteiger partial charge on any atom is -0.486 e. The molecule has 3 nitrogen and oxygen atoms in total. The molecule has 0 unspecified atom stereocenters. The van der Waals surface area contributed by atoms with Crippen molar-refractivity contribution in [2.45, 2.75) is 26.5 Å². The summed E-state index contributed by atoms with van der Waals surface area (Å²) in [6, 6.07) is 6.37. The van der Waals surface area contributed by atoms with Crippen molar-refractivity contribution in [3.63, 3.8) is 0 Å². The third-order valence-electron chi connectivity index (χ3n) is 2.51. The van der Waals surface area contributed by atoms with Crippen LogP contribution in [0, 0.1) is 5.82 Å². The van der Waals surface area contributed by atoms with Gasteiger partial charge in [-0.25, -0.2) is 9.37 Å². The smallest absolute Gasteiger partial charge is 0.147 e. The molecule has 0 spiro atoms. The van der Waals surface area contributed by atoms with Crippen molar-refractivity contribution in [1.29, 1.82) is 0 Å². The Morgan fingerprint density at radius 2 is 2.22 bits per heavy atom. The van der Waals surface area contributed by atoms with Gasteiger partial charge in [0.2, 0.25) is 0 Å². The predicted molar refractivity (Wildman–Crippen MR) is 71.0 cm³/mol. The molecule has 0 saturated heterocycles. The number of hydrogen-bond donors (Lipinski definition) is 0. The van der Waals surface area contributed by atoms with Crippen LogP contribution in [0.25, 0.3) is 0 Å². The highest BCUT2D eigenvalue weighted by molar-refractivity contribution is 9.10. The summed E-state index contributed by atoms with van der Waals surface area (Å²) in [7, 11) is 0. The number of benzene rings is 1. The van der Waals surface area contributed by atoms with Crippen LogP contribution >= 0.6 is 15.9 Å². The zero-order valence-corrected chi connectivity index (χ0v) is 11.8. The second kappa shape index (κ2) is 5.52. The van der Waals surface area contributed by atoms with Crippen molar-refractivity contribution in [2.75, 3.05) is 0 Å². The topological polar surface area (TPSA) is 27.1 Å². The third kappa shape index (κ3) is 2.90. The van der Waals surface area contributed by atoms with Crippen LogP contribution in [0.5, 0.6) is 5.75 Å². The fourth-order valence-electron chi connectivity index (χ4n) is 1.73. The van der Waals surface area contributed by atoms with Crippen LogP contribution in [-0.2, 0) is 6.61 Å². The van der Waals surface area contributed by atoms with Crippen LogP contribution in [-0.4, -0.2) is 9.55 Å². The van der Waals surface area contributed by atoms with Crippen LogP contribution in [0.1, 0.15) is 25.7 Å². The van der Waals surface area contributed by atoms with Crippen molar-refractivity contribution in [3.8, 4) is 5.75 Å². The second-order valence-electron chi connectivity index (χ2n) is 4.21. The van der Waals surface area contributed by atoms with Crippen molar-refractivity contribution < 1.29 is 9.13 Å². The Bertz CT molecular complexity index is 540. The van der Waals surface area contributed by atoms with E-state index in [1.54, 1.807) is 18.3 Å². The van der Waals surface area contributed by atoms with Crippen molar-refractivity contribution in [1.82, 2.24) is 9.55 Å². The molecule has 0 fully saturated rings. The predicted octanol–water partition coefficient (Wildman–Crippen LogP) is 3.94. The fraction of sp³-hybridized carbons (Fsp3) is 0.308. The molecule has 2 rings (SSSR count). The SMILES string of the molecule is CC(C)n1c(Br)cnc1COc1cccc(F)c1. The Kier molecular flexibility index (Phi) is 4.01. The maximum absolute atomic E-state index is 13.0. The number of aromatic nitrogens is 2. The molecule has 18 heavy (non-hydrogen) atoms. The molecule has 1 heterocycles. The van der Waals surface area contributed by atoms with E-state index in [9.17, 15) is 4.39 Å². The lowest BCUT2D eigenvalue weighted by molar-refractivity contribution is 0.284. The van der Waals surface area contributed by atoms with Gasteiger partial charge >= 0.3 is 0 Å². The molecule has 0 aliphatic heterocycles. The van der Waals surface area contributed by atoms with E-state index < -0.39 is 0 Å². The number of nitrogens with zero attached hydrogens (tertiary/aromatic N) is 2. The van der Waals surface area contributed by atoms with Gasteiger partial charge in [-0.2, -0.15) is 0 Å². The van der Waals surface area contributed by atoms with Gasteiger partial charge in [0.1, 0.15) is 28.6 Å². The van der Waals surface area contributed by atoms with Crippen LogP contribution in [0.4, 0.5) is 4.39 Å². The summed E-state index contributed by atoms with van der Waals surface area (Å²) < 4.78 is 21.5. The Hall–Kier alpha value is -1.36. The number of imidazole rings is 1. The summed E-state index contributed by atoms with van der Waals surface area (Å²) in [5, 5.41) is 0. The highest BCUT2D eigenvalue weighted by atomic mass is 79.9. The molecule has 1 aromatic heterocycles. The Morgan fingerprint density at radius 3 is 2.89 bits per heavy atom. The molecule has 2 aromatic rings. The van der Waals surface area contributed by atoms with Crippen LogP contribution in [0.3, 0.4) is 0 Å². The van der Waals surface area contributed by atoms with Crippen molar-refractivity contribution in [3.05, 3.63) is 46.7 Å². The van der Waals surface area contributed by atoms with Gasteiger partial charge < -0.3 is 9.30 Å². The van der Waals surface area contributed by atoms with E-state index in [1.165, 1.54) is 12.1 Å². The van der Waals surface area contributed by atoms with E-state index in [4.69, 9.17) is 4.74 Å². The molecule has 0 atom stereocenters. The molecular formula is C13H14BrFN2O. The average Bonchev–Trinajstić information content (AvgIpc) is 2.68. The largest absolute Gasteiger partial charge is 0.486 e. The second-order valence-corrected chi connectivity index (χ2v) is 5.02. The van der Waals surface area contributed by atoms with Crippen LogP contribution in [0.2, 0.25) is 0 Å². The van der Waals surface area contributed by atoms with Gasteiger partial charge in [0.05, 0.1) is 6.20 Å². The molecule has 0 bridgehead atoms. The zero-order valence-electron chi connectivity index (χ0n) is 10.2. The van der Waals surface area contributed by atoms with E-state index in [1.807, 2.05) is 4.57 Å². The van der Waals surface area contributed by atoms with E-state index in [0.717, 1.165) is 10.4 Å². The summed E-state index contributed by atoms with van der Waals surface area (Å²) in [5.41, 5.74) is 0. The third-order valence-corrected chi connectivity index (χ3v) is 3.10. The molecule has 5 heteroatoms. The molecule has 1 aromatic carbocycles. The standard InChI is InChI=1S/C13H14BrFN2O/c1-9(2)17-12(14)7-16-13(17)8-18-11-5-3-4-10(15)6-11/h3-7,9H,8H2,1-2H3. The monoisotopic (exact) mass is 312 g/mol. The van der Waals surface area contributed by atoms with Gasteiger partial charge in [-0.3, -0.25) is 0 Å². The van der Waals surface area contributed by atoms with Crippen LogP contribution in [0.15, 0.2) is 35.1 Å². The van der Waals surface area contributed by atoms with Gasteiger partial charge in [-0.1, -0.05) is 6.07 Å². The first-order valence-electron chi connectivity index (χ1n) is 5.68. The van der Waals surface area contributed by atoms with Gasteiger partial charge in [0.15, 0.2) is 0 Å².